The zero-order chi connectivity index (χ0) is 8.10. The summed E-state index contributed by atoms with van der Waals surface area (Å²) in [6, 6.07) is 0. The van der Waals surface area contributed by atoms with Crippen molar-refractivity contribution in [2.24, 2.45) is 5.92 Å². The predicted molar refractivity (Wildman–Crippen MR) is 45.2 cm³/mol. The molecule has 1 saturated carbocycles. The normalized spacial score (nSPS) is 18.3. The lowest BCUT2D eigenvalue weighted by molar-refractivity contribution is -0.116. The van der Waals surface area contributed by atoms with Gasteiger partial charge < -0.3 is 5.32 Å². The molecular weight excluding hydrogens is 138 g/mol. The molecule has 0 saturated heterocycles. The van der Waals surface area contributed by atoms with Gasteiger partial charge in [0.05, 0.1) is 0 Å². The molecule has 0 aliphatic heterocycles. The lowest BCUT2D eigenvalue weighted by atomic mass is 9.85. The van der Waals surface area contributed by atoms with Gasteiger partial charge >= 0.3 is 0 Å². The number of amides is 1. The van der Waals surface area contributed by atoms with Crippen LogP contribution in [0.2, 0.25) is 0 Å². The fourth-order valence-electron chi connectivity index (χ4n) is 1.15. The summed E-state index contributed by atoms with van der Waals surface area (Å²) in [4.78, 5) is 10.9. The van der Waals surface area contributed by atoms with Gasteiger partial charge in [-0.1, -0.05) is 12.5 Å². The van der Waals surface area contributed by atoms with E-state index < -0.39 is 0 Å². The highest BCUT2D eigenvalue weighted by Crippen LogP contribution is 2.24. The third-order valence-corrected chi connectivity index (χ3v) is 2.11. The average molecular weight is 153 g/mol. The Kier molecular flexibility index (Phi) is 3.14. The Balaban J connectivity index is 2.05. The molecule has 1 amide bonds. The van der Waals surface area contributed by atoms with Crippen molar-refractivity contribution in [1.29, 1.82) is 0 Å². The molecule has 62 valence electrons. The molecule has 0 bridgehead atoms. The van der Waals surface area contributed by atoms with E-state index in [1.807, 2.05) is 6.92 Å². The fraction of sp³-hybridized carbons (Fsp3) is 0.667. The van der Waals surface area contributed by atoms with E-state index in [1.165, 1.54) is 19.3 Å². The Hall–Kier alpha value is -0.790. The summed E-state index contributed by atoms with van der Waals surface area (Å²) in [6.07, 6.45) is 7.24. The zero-order valence-corrected chi connectivity index (χ0v) is 6.97. The first kappa shape index (κ1) is 8.31. The molecule has 0 aromatic rings. The lowest BCUT2D eigenvalue weighted by Crippen LogP contribution is -2.30. The van der Waals surface area contributed by atoms with Crippen LogP contribution in [0.3, 0.4) is 0 Å². The maximum atomic E-state index is 10.9. The maximum Gasteiger partial charge on any atom is 0.243 e. The van der Waals surface area contributed by atoms with Crippen molar-refractivity contribution in [2.45, 2.75) is 26.2 Å². The summed E-state index contributed by atoms with van der Waals surface area (Å²) in [5.74, 6) is 0.795. The monoisotopic (exact) mass is 153 g/mol. The van der Waals surface area contributed by atoms with Crippen LogP contribution >= 0.6 is 0 Å². The summed E-state index contributed by atoms with van der Waals surface area (Å²) in [5, 5.41) is 2.86. The van der Waals surface area contributed by atoms with Crippen molar-refractivity contribution >= 4 is 5.91 Å². The second-order valence-corrected chi connectivity index (χ2v) is 3.04. The first-order valence-corrected chi connectivity index (χ1v) is 4.23. The average Bonchev–Trinajstić information content (AvgIpc) is 1.85. The van der Waals surface area contributed by atoms with Crippen molar-refractivity contribution in [3.8, 4) is 0 Å². The third kappa shape index (κ3) is 2.74. The van der Waals surface area contributed by atoms with Crippen LogP contribution in [0.4, 0.5) is 0 Å². The number of hydrogen-bond acceptors (Lipinski definition) is 1. The Morgan fingerprint density at radius 1 is 1.64 bits per heavy atom. The van der Waals surface area contributed by atoms with Crippen LogP contribution < -0.4 is 5.32 Å². The zero-order valence-electron chi connectivity index (χ0n) is 6.97. The molecule has 0 unspecified atom stereocenters. The number of hydrogen-bond donors (Lipinski definition) is 1. The number of carbonyl (C=O) groups excluding carboxylic acids is 1. The highest BCUT2D eigenvalue weighted by Gasteiger charge is 2.16. The summed E-state index contributed by atoms with van der Waals surface area (Å²) in [5.41, 5.74) is 0. The third-order valence-electron chi connectivity index (χ3n) is 2.11. The van der Waals surface area contributed by atoms with Gasteiger partial charge in [-0.15, -0.1) is 0 Å². The van der Waals surface area contributed by atoms with Gasteiger partial charge in [0.15, 0.2) is 0 Å². The van der Waals surface area contributed by atoms with E-state index in [4.69, 9.17) is 0 Å². The number of rotatable bonds is 3. The molecular formula is C9H15NO. The molecule has 0 radical (unpaired) electrons. The van der Waals surface area contributed by atoms with Gasteiger partial charge in [0, 0.05) is 6.54 Å². The van der Waals surface area contributed by atoms with E-state index in [1.54, 1.807) is 12.2 Å². The molecule has 0 heterocycles. The van der Waals surface area contributed by atoms with Crippen LogP contribution in [0.1, 0.15) is 26.2 Å². The highest BCUT2D eigenvalue weighted by molar-refractivity contribution is 5.87. The quantitative estimate of drug-likeness (QED) is 0.611. The van der Waals surface area contributed by atoms with E-state index in [0.717, 1.165) is 12.5 Å². The molecule has 1 fully saturated rings. The van der Waals surface area contributed by atoms with Crippen LogP contribution in [0.25, 0.3) is 0 Å². The van der Waals surface area contributed by atoms with Crippen molar-refractivity contribution in [3.63, 3.8) is 0 Å². The molecule has 0 spiro atoms. The van der Waals surface area contributed by atoms with E-state index in [0.29, 0.717) is 0 Å². The topological polar surface area (TPSA) is 29.1 Å². The molecule has 1 rings (SSSR count). The summed E-state index contributed by atoms with van der Waals surface area (Å²) < 4.78 is 0. The second kappa shape index (κ2) is 4.16. The van der Waals surface area contributed by atoms with Crippen LogP contribution in [0, 0.1) is 5.92 Å². The Labute approximate surface area is 67.7 Å². The van der Waals surface area contributed by atoms with Gasteiger partial charge in [-0.3, -0.25) is 4.79 Å². The Morgan fingerprint density at radius 3 is 2.82 bits per heavy atom. The van der Waals surface area contributed by atoms with Crippen molar-refractivity contribution in [1.82, 2.24) is 5.32 Å². The van der Waals surface area contributed by atoms with Gasteiger partial charge in [0.2, 0.25) is 5.91 Å². The van der Waals surface area contributed by atoms with Crippen molar-refractivity contribution in [2.75, 3.05) is 6.54 Å². The molecule has 2 heteroatoms. The molecule has 1 aliphatic rings. The molecule has 1 N–H and O–H groups in total. The summed E-state index contributed by atoms with van der Waals surface area (Å²) >= 11 is 0. The van der Waals surface area contributed by atoms with Crippen LogP contribution in [-0.2, 0) is 4.79 Å². The van der Waals surface area contributed by atoms with E-state index in [-0.39, 0.29) is 5.91 Å². The summed E-state index contributed by atoms with van der Waals surface area (Å²) in [7, 11) is 0. The van der Waals surface area contributed by atoms with Gasteiger partial charge in [-0.05, 0) is 31.8 Å². The van der Waals surface area contributed by atoms with E-state index in [9.17, 15) is 4.79 Å². The van der Waals surface area contributed by atoms with Crippen molar-refractivity contribution < 1.29 is 4.79 Å². The van der Waals surface area contributed by atoms with E-state index >= 15 is 0 Å². The van der Waals surface area contributed by atoms with Crippen LogP contribution in [0.15, 0.2) is 12.2 Å². The molecule has 1 aliphatic carbocycles. The van der Waals surface area contributed by atoms with Crippen LogP contribution in [-0.4, -0.2) is 12.5 Å². The maximum absolute atomic E-state index is 10.9. The molecule has 2 nitrogen and oxygen atoms in total. The Bertz CT molecular complexity index is 159. The lowest BCUT2D eigenvalue weighted by Gasteiger charge is -2.24. The van der Waals surface area contributed by atoms with Gasteiger partial charge in [0.1, 0.15) is 0 Å². The first-order valence-electron chi connectivity index (χ1n) is 4.23. The standard InChI is InChI=1S/C9H15NO/c1-2-4-9(11)10-7-8-5-3-6-8/h2,4,8H,3,5-7H2,1H3,(H,10,11)/b4-2+. The second-order valence-electron chi connectivity index (χ2n) is 3.04. The molecule has 0 aromatic carbocycles. The highest BCUT2D eigenvalue weighted by atomic mass is 16.1. The largest absolute Gasteiger partial charge is 0.352 e. The van der Waals surface area contributed by atoms with E-state index in [2.05, 4.69) is 5.32 Å². The first-order chi connectivity index (χ1) is 5.33. The Morgan fingerprint density at radius 2 is 2.36 bits per heavy atom. The molecule has 0 atom stereocenters. The minimum absolute atomic E-state index is 0.0411. The van der Waals surface area contributed by atoms with Gasteiger partial charge in [-0.2, -0.15) is 0 Å². The predicted octanol–water partition coefficient (Wildman–Crippen LogP) is 1.48. The molecule has 0 aromatic heterocycles. The minimum atomic E-state index is 0.0411. The summed E-state index contributed by atoms with van der Waals surface area (Å²) in [6.45, 7) is 2.71. The van der Waals surface area contributed by atoms with Gasteiger partial charge in [0.25, 0.3) is 0 Å². The van der Waals surface area contributed by atoms with Crippen molar-refractivity contribution in [3.05, 3.63) is 12.2 Å². The number of carbonyl (C=O) groups is 1. The van der Waals surface area contributed by atoms with Gasteiger partial charge in [-0.25, -0.2) is 0 Å². The fourth-order valence-corrected chi connectivity index (χ4v) is 1.15. The number of allylic oxidation sites excluding steroid dienone is 1. The SMILES string of the molecule is C/C=C/C(=O)NCC1CCC1. The smallest absolute Gasteiger partial charge is 0.243 e. The minimum Gasteiger partial charge on any atom is -0.352 e. The number of nitrogens with one attached hydrogen (secondary N) is 1. The molecule has 11 heavy (non-hydrogen) atoms. The van der Waals surface area contributed by atoms with Crippen LogP contribution in [0.5, 0.6) is 0 Å².